The van der Waals surface area contributed by atoms with Gasteiger partial charge >= 0.3 is 11.9 Å². The first-order chi connectivity index (χ1) is 19.6. The molecule has 2 heterocycles. The van der Waals surface area contributed by atoms with E-state index in [0.717, 1.165) is 0 Å². The Morgan fingerprint density at radius 2 is 1.71 bits per heavy atom. The molecule has 4 aliphatic rings. The van der Waals surface area contributed by atoms with Crippen LogP contribution in [0.5, 0.6) is 17.2 Å². The van der Waals surface area contributed by atoms with Crippen molar-refractivity contribution < 1.29 is 52.6 Å². The number of ketones is 1. The number of ether oxygens (including phenoxy) is 7. The number of benzene rings is 1. The summed E-state index contributed by atoms with van der Waals surface area (Å²) >= 11 is 0. The van der Waals surface area contributed by atoms with E-state index in [1.165, 1.54) is 51.5 Å². The molecule has 0 saturated carbocycles. The normalized spacial score (nSPS) is 29.8. The van der Waals surface area contributed by atoms with Crippen molar-refractivity contribution in [1.82, 2.24) is 0 Å². The first-order valence-corrected chi connectivity index (χ1v) is 13.1. The SMILES string of the molecule is C/C=C\C(=O)O[C@H]1c2cc3c(c4c2[C@]2(CO4)C(=CC(=O)C(OC)=C2OC)[C@H](OC(=O)/C=C\C)[C@@](C)(O)[C@H]1C)OCO3. The van der Waals surface area contributed by atoms with Gasteiger partial charge in [-0.15, -0.1) is 0 Å². The summed E-state index contributed by atoms with van der Waals surface area (Å²) < 4.78 is 41.0. The second-order valence-electron chi connectivity index (χ2n) is 10.3. The summed E-state index contributed by atoms with van der Waals surface area (Å²) in [6.07, 6.45) is 4.28. The molecule has 0 saturated heterocycles. The van der Waals surface area contributed by atoms with Crippen LogP contribution in [0.15, 0.2) is 53.5 Å². The van der Waals surface area contributed by atoms with Crippen LogP contribution in [-0.2, 0) is 38.7 Å². The van der Waals surface area contributed by atoms with Crippen LogP contribution in [0.25, 0.3) is 0 Å². The standard InChI is InChI=1S/C30H32O11/c1-7-9-20(32)40-23-15(3)29(4,34)27(41-21(33)10-8-2)17-12-18(31)24(35-5)28(36-6)30(17)13-37-26-22(30)16(23)11-19-25(26)39-14-38-19/h7-12,15,23,27,34H,13-14H2,1-6H3/b9-7-,10-8-/t15-,23+,27-,29-,30-/m0/s1. The molecule has 1 aromatic rings. The Morgan fingerprint density at radius 3 is 2.34 bits per heavy atom. The van der Waals surface area contributed by atoms with E-state index in [2.05, 4.69) is 0 Å². The molecule has 0 radical (unpaired) electrons. The molecule has 218 valence electrons. The molecule has 11 heteroatoms. The number of aliphatic hydroxyl groups is 1. The molecule has 0 bridgehead atoms. The highest BCUT2D eigenvalue weighted by atomic mass is 16.7. The van der Waals surface area contributed by atoms with Crippen molar-refractivity contribution in [2.75, 3.05) is 27.6 Å². The second-order valence-corrected chi connectivity index (χ2v) is 10.3. The number of carbonyl (C=O) groups is 3. The lowest BCUT2D eigenvalue weighted by Crippen LogP contribution is -2.57. The minimum Gasteiger partial charge on any atom is -0.496 e. The summed E-state index contributed by atoms with van der Waals surface area (Å²) in [6, 6.07) is 1.68. The number of esters is 2. The maximum Gasteiger partial charge on any atom is 0.331 e. The van der Waals surface area contributed by atoms with E-state index >= 15 is 0 Å². The third-order valence-electron chi connectivity index (χ3n) is 8.09. The van der Waals surface area contributed by atoms with Gasteiger partial charge in [-0.25, -0.2) is 9.59 Å². The highest BCUT2D eigenvalue weighted by Gasteiger charge is 2.64. The Bertz CT molecular complexity index is 1430. The number of carbonyl (C=O) groups excluding carboxylic acids is 3. The molecule has 11 nitrogen and oxygen atoms in total. The number of hydrogen-bond donors (Lipinski definition) is 1. The highest BCUT2D eigenvalue weighted by Crippen LogP contribution is 2.63. The zero-order valence-corrected chi connectivity index (χ0v) is 23.6. The van der Waals surface area contributed by atoms with E-state index in [9.17, 15) is 19.5 Å². The maximum absolute atomic E-state index is 13.4. The summed E-state index contributed by atoms with van der Waals surface area (Å²) in [7, 11) is 2.72. The molecular formula is C30H32O11. The van der Waals surface area contributed by atoms with E-state index in [4.69, 9.17) is 33.2 Å². The van der Waals surface area contributed by atoms with Gasteiger partial charge in [-0.1, -0.05) is 19.1 Å². The van der Waals surface area contributed by atoms with E-state index < -0.39 is 46.9 Å². The molecule has 0 aromatic heterocycles. The van der Waals surface area contributed by atoms with Crippen molar-refractivity contribution in [1.29, 1.82) is 0 Å². The molecule has 2 aliphatic carbocycles. The summed E-state index contributed by atoms with van der Waals surface area (Å²) in [4.78, 5) is 39.2. The molecule has 1 N–H and O–H groups in total. The van der Waals surface area contributed by atoms with Gasteiger partial charge in [0, 0.05) is 29.2 Å². The Morgan fingerprint density at radius 1 is 1.02 bits per heavy atom. The zero-order valence-electron chi connectivity index (χ0n) is 23.6. The average Bonchev–Trinajstić information content (AvgIpc) is 3.56. The smallest absolute Gasteiger partial charge is 0.331 e. The van der Waals surface area contributed by atoms with Crippen LogP contribution >= 0.6 is 0 Å². The van der Waals surface area contributed by atoms with Crippen LogP contribution in [0, 0.1) is 5.92 Å². The van der Waals surface area contributed by atoms with Gasteiger partial charge in [0.15, 0.2) is 23.4 Å². The van der Waals surface area contributed by atoms with E-state index in [1.807, 2.05) is 0 Å². The summed E-state index contributed by atoms with van der Waals surface area (Å²) in [6.45, 7) is 6.25. The van der Waals surface area contributed by atoms with E-state index in [1.54, 1.807) is 26.8 Å². The number of methoxy groups -OCH3 is 2. The summed E-state index contributed by atoms with van der Waals surface area (Å²) in [5.41, 5.74) is -2.23. The molecule has 5 rings (SSSR count). The van der Waals surface area contributed by atoms with Crippen molar-refractivity contribution in [3.63, 3.8) is 0 Å². The fourth-order valence-corrected chi connectivity index (χ4v) is 6.09. The Balaban J connectivity index is 1.91. The number of allylic oxidation sites excluding steroid dienone is 3. The van der Waals surface area contributed by atoms with Crippen molar-refractivity contribution in [3.8, 4) is 17.2 Å². The zero-order chi connectivity index (χ0) is 29.7. The van der Waals surface area contributed by atoms with E-state index in [-0.39, 0.29) is 30.5 Å². The third kappa shape index (κ3) is 4.09. The monoisotopic (exact) mass is 568 g/mol. The van der Waals surface area contributed by atoms with Gasteiger partial charge in [0.25, 0.3) is 0 Å². The molecule has 0 fully saturated rings. The number of fused-ring (bicyclic) bond motifs is 2. The van der Waals surface area contributed by atoms with Crippen molar-refractivity contribution in [2.24, 2.45) is 5.92 Å². The van der Waals surface area contributed by atoms with E-state index in [0.29, 0.717) is 28.4 Å². The summed E-state index contributed by atoms with van der Waals surface area (Å²) in [5.74, 6) is -1.88. The van der Waals surface area contributed by atoms with Crippen LogP contribution in [0.3, 0.4) is 0 Å². The van der Waals surface area contributed by atoms with Gasteiger partial charge in [0.2, 0.25) is 24.1 Å². The van der Waals surface area contributed by atoms with Gasteiger partial charge in [0.1, 0.15) is 23.7 Å². The van der Waals surface area contributed by atoms with Crippen LogP contribution in [0.2, 0.25) is 0 Å². The predicted molar refractivity (Wildman–Crippen MR) is 142 cm³/mol. The topological polar surface area (TPSA) is 136 Å². The molecule has 1 spiro atoms. The summed E-state index contributed by atoms with van der Waals surface area (Å²) in [5, 5.41) is 12.2. The number of rotatable bonds is 6. The van der Waals surface area contributed by atoms with Crippen LogP contribution in [-0.4, -0.2) is 62.2 Å². The third-order valence-corrected chi connectivity index (χ3v) is 8.09. The van der Waals surface area contributed by atoms with Crippen LogP contribution in [0.1, 0.15) is 44.9 Å². The fraction of sp³-hybridized carbons (Fsp3) is 0.433. The molecular weight excluding hydrogens is 536 g/mol. The fourth-order valence-electron chi connectivity index (χ4n) is 6.09. The minimum atomic E-state index is -1.89. The van der Waals surface area contributed by atoms with Crippen LogP contribution in [0.4, 0.5) is 0 Å². The number of hydrogen-bond acceptors (Lipinski definition) is 11. The average molecular weight is 569 g/mol. The lowest BCUT2D eigenvalue weighted by atomic mass is 9.60. The Hall–Kier alpha value is -4.25. The molecule has 0 amide bonds. The van der Waals surface area contributed by atoms with Crippen LogP contribution < -0.4 is 14.2 Å². The molecule has 0 unspecified atom stereocenters. The molecule has 5 atom stereocenters. The maximum atomic E-state index is 13.4. The second kappa shape index (κ2) is 10.3. The molecule has 1 aromatic carbocycles. The largest absolute Gasteiger partial charge is 0.496 e. The Labute approximate surface area is 236 Å². The molecule has 41 heavy (non-hydrogen) atoms. The van der Waals surface area contributed by atoms with Gasteiger partial charge in [-0.2, -0.15) is 0 Å². The van der Waals surface area contributed by atoms with Crippen molar-refractivity contribution in [2.45, 2.75) is 50.9 Å². The highest BCUT2D eigenvalue weighted by molar-refractivity contribution is 6.06. The Kier molecular flexibility index (Phi) is 7.10. The van der Waals surface area contributed by atoms with Gasteiger partial charge in [-0.3, -0.25) is 4.79 Å². The predicted octanol–water partition coefficient (Wildman–Crippen LogP) is 3.11. The molecule has 2 aliphatic heterocycles. The first kappa shape index (κ1) is 28.3. The quantitative estimate of drug-likeness (QED) is 0.400. The van der Waals surface area contributed by atoms with Gasteiger partial charge < -0.3 is 38.3 Å². The van der Waals surface area contributed by atoms with Crippen molar-refractivity contribution >= 4 is 17.7 Å². The van der Waals surface area contributed by atoms with Gasteiger partial charge in [-0.05, 0) is 38.5 Å². The first-order valence-electron chi connectivity index (χ1n) is 13.1. The lowest BCUT2D eigenvalue weighted by molar-refractivity contribution is -0.175. The lowest BCUT2D eigenvalue weighted by Gasteiger charge is -2.49. The van der Waals surface area contributed by atoms with Gasteiger partial charge in [0.05, 0.1) is 14.2 Å². The van der Waals surface area contributed by atoms with Crippen molar-refractivity contribution in [3.05, 3.63) is 64.7 Å². The minimum absolute atomic E-state index is 0.0705.